The van der Waals surface area contributed by atoms with Gasteiger partial charge in [0.05, 0.1) is 23.7 Å². The molecular weight excluding hydrogens is 294 g/mol. The predicted molar refractivity (Wildman–Crippen MR) is 87.9 cm³/mol. The molecule has 0 atom stereocenters. The number of amides is 1. The van der Waals surface area contributed by atoms with Crippen LogP contribution in [0.4, 0.5) is 0 Å². The van der Waals surface area contributed by atoms with Crippen LogP contribution in [0.5, 0.6) is 0 Å². The van der Waals surface area contributed by atoms with E-state index in [0.717, 1.165) is 22.2 Å². The van der Waals surface area contributed by atoms with Crippen LogP contribution in [-0.4, -0.2) is 15.9 Å². The molecule has 2 aromatic heterocycles. The highest BCUT2D eigenvalue weighted by molar-refractivity contribution is 7.09. The number of H-pyrrole nitrogens is 1. The van der Waals surface area contributed by atoms with Crippen LogP contribution < -0.4 is 5.32 Å². The van der Waals surface area contributed by atoms with Gasteiger partial charge in [-0.2, -0.15) is 0 Å². The van der Waals surface area contributed by atoms with Crippen LogP contribution in [0, 0.1) is 0 Å². The van der Waals surface area contributed by atoms with E-state index >= 15 is 0 Å². The molecule has 2 N–H and O–H groups in total. The van der Waals surface area contributed by atoms with E-state index in [0.29, 0.717) is 18.9 Å². The van der Waals surface area contributed by atoms with Gasteiger partial charge in [0.25, 0.3) is 0 Å². The van der Waals surface area contributed by atoms with Crippen molar-refractivity contribution in [3.63, 3.8) is 0 Å². The van der Waals surface area contributed by atoms with Gasteiger partial charge < -0.3 is 10.3 Å². The SMILES string of the molecule is O=C(Cc1c[nH]c2ccccc12)NCc1csc(C2CC2)n1. The van der Waals surface area contributed by atoms with E-state index in [9.17, 15) is 4.79 Å². The van der Waals surface area contributed by atoms with Crippen molar-refractivity contribution in [3.05, 3.63) is 52.1 Å². The Morgan fingerprint density at radius 3 is 3.09 bits per heavy atom. The lowest BCUT2D eigenvalue weighted by Gasteiger charge is -2.02. The second-order valence-electron chi connectivity index (χ2n) is 5.76. The molecule has 1 amide bonds. The average Bonchev–Trinajstić information content (AvgIpc) is 3.15. The molecule has 4 rings (SSSR count). The lowest BCUT2D eigenvalue weighted by molar-refractivity contribution is -0.120. The molecule has 0 saturated heterocycles. The number of carbonyl (C=O) groups is 1. The largest absolute Gasteiger partial charge is 0.361 e. The molecule has 3 aromatic rings. The summed E-state index contributed by atoms with van der Waals surface area (Å²) in [4.78, 5) is 19.9. The number of hydrogen-bond acceptors (Lipinski definition) is 3. The minimum absolute atomic E-state index is 0.0331. The second kappa shape index (κ2) is 5.57. The number of thiazole rings is 1. The summed E-state index contributed by atoms with van der Waals surface area (Å²) in [7, 11) is 0. The highest BCUT2D eigenvalue weighted by atomic mass is 32.1. The first-order valence-corrected chi connectivity index (χ1v) is 8.43. The molecular formula is C17H17N3OS. The monoisotopic (exact) mass is 311 g/mol. The topological polar surface area (TPSA) is 57.8 Å². The molecule has 1 aliphatic carbocycles. The number of benzene rings is 1. The Morgan fingerprint density at radius 1 is 1.36 bits per heavy atom. The normalized spacial score (nSPS) is 14.4. The quantitative estimate of drug-likeness (QED) is 0.759. The van der Waals surface area contributed by atoms with Crippen molar-refractivity contribution in [1.29, 1.82) is 0 Å². The Labute approximate surface area is 132 Å². The molecule has 0 spiro atoms. The molecule has 1 aliphatic rings. The molecule has 4 nitrogen and oxygen atoms in total. The first kappa shape index (κ1) is 13.5. The molecule has 112 valence electrons. The van der Waals surface area contributed by atoms with Crippen LogP contribution in [0.2, 0.25) is 0 Å². The number of carbonyl (C=O) groups excluding carboxylic acids is 1. The molecule has 22 heavy (non-hydrogen) atoms. The van der Waals surface area contributed by atoms with Crippen molar-refractivity contribution in [2.75, 3.05) is 0 Å². The van der Waals surface area contributed by atoms with E-state index in [1.807, 2.05) is 30.5 Å². The van der Waals surface area contributed by atoms with Gasteiger partial charge in [-0.05, 0) is 24.5 Å². The molecule has 0 unspecified atom stereocenters. The van der Waals surface area contributed by atoms with Crippen LogP contribution in [0.3, 0.4) is 0 Å². The highest BCUT2D eigenvalue weighted by Crippen LogP contribution is 2.41. The molecule has 1 aromatic carbocycles. The predicted octanol–water partition coefficient (Wildman–Crippen LogP) is 3.36. The summed E-state index contributed by atoms with van der Waals surface area (Å²) in [6.07, 6.45) is 4.83. The molecule has 0 bridgehead atoms. The van der Waals surface area contributed by atoms with Crippen LogP contribution in [0.15, 0.2) is 35.8 Å². The van der Waals surface area contributed by atoms with Crippen molar-refractivity contribution < 1.29 is 4.79 Å². The van der Waals surface area contributed by atoms with Crippen LogP contribution >= 0.6 is 11.3 Å². The highest BCUT2D eigenvalue weighted by Gasteiger charge is 2.26. The summed E-state index contributed by atoms with van der Waals surface area (Å²) in [5.41, 5.74) is 3.07. The van der Waals surface area contributed by atoms with Crippen molar-refractivity contribution in [1.82, 2.24) is 15.3 Å². The summed E-state index contributed by atoms with van der Waals surface area (Å²) in [5, 5.41) is 7.36. The maximum absolute atomic E-state index is 12.1. The molecule has 5 heteroatoms. The average molecular weight is 311 g/mol. The van der Waals surface area contributed by atoms with E-state index in [1.165, 1.54) is 17.8 Å². The van der Waals surface area contributed by atoms with Gasteiger partial charge in [-0.3, -0.25) is 4.79 Å². The number of aromatic amines is 1. The standard InChI is InChI=1S/C17H17N3OS/c21-16(7-12-8-18-15-4-2-1-3-14(12)15)19-9-13-10-22-17(20-13)11-5-6-11/h1-4,8,10-11,18H,5-7,9H2,(H,19,21). The van der Waals surface area contributed by atoms with Crippen molar-refractivity contribution in [2.24, 2.45) is 0 Å². The number of para-hydroxylation sites is 1. The Morgan fingerprint density at radius 2 is 2.23 bits per heavy atom. The smallest absolute Gasteiger partial charge is 0.224 e. The Bertz CT molecular complexity index is 816. The summed E-state index contributed by atoms with van der Waals surface area (Å²) >= 11 is 1.71. The summed E-state index contributed by atoms with van der Waals surface area (Å²) < 4.78 is 0. The number of nitrogens with zero attached hydrogens (tertiary/aromatic N) is 1. The fourth-order valence-electron chi connectivity index (χ4n) is 2.62. The summed E-state index contributed by atoms with van der Waals surface area (Å²) in [6, 6.07) is 8.04. The number of fused-ring (bicyclic) bond motifs is 1. The van der Waals surface area contributed by atoms with Gasteiger partial charge in [0, 0.05) is 28.4 Å². The molecule has 2 heterocycles. The van der Waals surface area contributed by atoms with Gasteiger partial charge in [0.15, 0.2) is 0 Å². The third-order valence-electron chi connectivity index (χ3n) is 3.99. The lowest BCUT2D eigenvalue weighted by Crippen LogP contribution is -2.24. The molecule has 1 fully saturated rings. The van der Waals surface area contributed by atoms with Gasteiger partial charge in [0.1, 0.15) is 0 Å². The zero-order valence-corrected chi connectivity index (χ0v) is 13.0. The zero-order chi connectivity index (χ0) is 14.9. The van der Waals surface area contributed by atoms with Gasteiger partial charge in [-0.25, -0.2) is 4.98 Å². The van der Waals surface area contributed by atoms with Gasteiger partial charge in [0.2, 0.25) is 5.91 Å². The van der Waals surface area contributed by atoms with Crippen molar-refractivity contribution in [3.8, 4) is 0 Å². The zero-order valence-electron chi connectivity index (χ0n) is 12.1. The summed E-state index contributed by atoms with van der Waals surface area (Å²) in [5.74, 6) is 0.714. The summed E-state index contributed by atoms with van der Waals surface area (Å²) in [6.45, 7) is 0.518. The van der Waals surface area contributed by atoms with Crippen LogP contribution in [0.1, 0.15) is 35.0 Å². The number of hydrogen-bond donors (Lipinski definition) is 2. The van der Waals surface area contributed by atoms with Gasteiger partial charge >= 0.3 is 0 Å². The van der Waals surface area contributed by atoms with Crippen molar-refractivity contribution >= 4 is 28.1 Å². The van der Waals surface area contributed by atoms with E-state index < -0.39 is 0 Å². The van der Waals surface area contributed by atoms with E-state index in [4.69, 9.17) is 0 Å². The van der Waals surface area contributed by atoms with Gasteiger partial charge in [-0.1, -0.05) is 18.2 Å². The third kappa shape index (κ3) is 2.76. The van der Waals surface area contributed by atoms with E-state index in [2.05, 4.69) is 20.7 Å². The fourth-order valence-corrected chi connectivity index (χ4v) is 3.62. The first-order chi connectivity index (χ1) is 10.8. The number of rotatable bonds is 5. The van der Waals surface area contributed by atoms with E-state index in [-0.39, 0.29) is 5.91 Å². The van der Waals surface area contributed by atoms with E-state index in [1.54, 1.807) is 11.3 Å². The van der Waals surface area contributed by atoms with Crippen LogP contribution in [0.25, 0.3) is 10.9 Å². The fraction of sp³-hybridized carbons (Fsp3) is 0.294. The van der Waals surface area contributed by atoms with Crippen molar-refractivity contribution in [2.45, 2.75) is 31.7 Å². The molecule has 0 radical (unpaired) electrons. The van der Waals surface area contributed by atoms with Gasteiger partial charge in [-0.15, -0.1) is 11.3 Å². The Balaban J connectivity index is 1.37. The Hall–Kier alpha value is -2.14. The Kier molecular flexibility index (Phi) is 3.42. The second-order valence-corrected chi connectivity index (χ2v) is 6.65. The third-order valence-corrected chi connectivity index (χ3v) is 5.04. The van der Waals surface area contributed by atoms with Crippen LogP contribution in [-0.2, 0) is 17.8 Å². The maximum atomic E-state index is 12.1. The lowest BCUT2D eigenvalue weighted by atomic mass is 10.1. The number of aromatic nitrogens is 2. The molecule has 1 saturated carbocycles. The minimum Gasteiger partial charge on any atom is -0.361 e. The number of nitrogens with one attached hydrogen (secondary N) is 2. The maximum Gasteiger partial charge on any atom is 0.224 e. The molecule has 0 aliphatic heterocycles. The minimum atomic E-state index is 0.0331. The first-order valence-electron chi connectivity index (χ1n) is 7.55.